The molecule has 9 heteroatoms. The zero-order valence-corrected chi connectivity index (χ0v) is 12.3. The molecule has 0 unspecified atom stereocenters. The van der Waals surface area contributed by atoms with Crippen molar-refractivity contribution in [2.75, 3.05) is 43.0 Å². The first-order valence-corrected chi connectivity index (χ1v) is 6.96. The number of nitro groups is 1. The fourth-order valence-electron chi connectivity index (χ4n) is 2.46. The highest BCUT2D eigenvalue weighted by Gasteiger charge is 2.26. The molecule has 9 nitrogen and oxygen atoms in total. The van der Waals surface area contributed by atoms with Gasteiger partial charge in [-0.1, -0.05) is 13.8 Å². The predicted molar refractivity (Wildman–Crippen MR) is 80.0 cm³/mol. The number of nitrogens with one attached hydrogen (secondary N) is 1. The van der Waals surface area contributed by atoms with E-state index in [1.807, 2.05) is 4.90 Å². The monoisotopic (exact) mass is 295 g/mol. The number of nitrogens with zero attached hydrogens (tertiary/aromatic N) is 5. The lowest BCUT2D eigenvalue weighted by molar-refractivity contribution is -0.384. The molecule has 116 valence electrons. The van der Waals surface area contributed by atoms with E-state index in [4.69, 9.17) is 5.84 Å². The van der Waals surface area contributed by atoms with Crippen LogP contribution in [0.25, 0.3) is 0 Å². The summed E-state index contributed by atoms with van der Waals surface area (Å²) in [5.74, 6) is 6.40. The van der Waals surface area contributed by atoms with Crippen molar-refractivity contribution < 1.29 is 4.92 Å². The van der Waals surface area contributed by atoms with Crippen LogP contribution in [0.5, 0.6) is 0 Å². The second-order valence-electron chi connectivity index (χ2n) is 5.49. The molecule has 1 aromatic rings. The van der Waals surface area contributed by atoms with E-state index < -0.39 is 4.92 Å². The summed E-state index contributed by atoms with van der Waals surface area (Å²) in [7, 11) is 0. The summed E-state index contributed by atoms with van der Waals surface area (Å²) >= 11 is 0. The van der Waals surface area contributed by atoms with Crippen LogP contribution in [-0.4, -0.2) is 52.5 Å². The first-order chi connectivity index (χ1) is 10.0. The Morgan fingerprint density at radius 3 is 2.62 bits per heavy atom. The van der Waals surface area contributed by atoms with Crippen LogP contribution in [0, 0.1) is 16.0 Å². The maximum atomic E-state index is 11.1. The quantitative estimate of drug-likeness (QED) is 0.457. The number of piperazine rings is 1. The van der Waals surface area contributed by atoms with Gasteiger partial charge in [0.1, 0.15) is 6.20 Å². The molecule has 0 amide bonds. The molecule has 0 aliphatic carbocycles. The smallest absolute Gasteiger partial charge is 0.329 e. The van der Waals surface area contributed by atoms with Crippen molar-refractivity contribution in [1.29, 1.82) is 0 Å². The summed E-state index contributed by atoms with van der Waals surface area (Å²) < 4.78 is 0. The van der Waals surface area contributed by atoms with Gasteiger partial charge in [0, 0.05) is 32.7 Å². The molecule has 1 saturated heterocycles. The van der Waals surface area contributed by atoms with E-state index in [9.17, 15) is 10.1 Å². The number of anilines is 2. The summed E-state index contributed by atoms with van der Waals surface area (Å²) in [5, 5.41) is 11.1. The molecule has 1 aliphatic rings. The van der Waals surface area contributed by atoms with Crippen LogP contribution < -0.4 is 16.2 Å². The van der Waals surface area contributed by atoms with Gasteiger partial charge in [-0.3, -0.25) is 20.4 Å². The van der Waals surface area contributed by atoms with Crippen molar-refractivity contribution >= 4 is 17.5 Å². The highest BCUT2D eigenvalue weighted by molar-refractivity contribution is 5.59. The Hall–Kier alpha value is -2.00. The third-order valence-electron chi connectivity index (χ3n) is 3.37. The van der Waals surface area contributed by atoms with Crippen molar-refractivity contribution in [3.8, 4) is 0 Å². The molecule has 0 spiro atoms. The molecule has 0 saturated carbocycles. The fourth-order valence-corrected chi connectivity index (χ4v) is 2.46. The van der Waals surface area contributed by atoms with Gasteiger partial charge in [-0.05, 0) is 5.92 Å². The Balaban J connectivity index is 2.13. The topological polar surface area (TPSA) is 113 Å². The van der Waals surface area contributed by atoms with Gasteiger partial charge in [-0.15, -0.1) is 0 Å². The summed E-state index contributed by atoms with van der Waals surface area (Å²) in [4.78, 5) is 22.9. The maximum Gasteiger partial charge on any atom is 0.329 e. The molecule has 1 aromatic heterocycles. The molecule has 2 rings (SSSR count). The molecule has 0 aromatic carbocycles. The molecule has 0 radical (unpaired) electrons. The van der Waals surface area contributed by atoms with Crippen molar-refractivity contribution in [3.05, 3.63) is 16.3 Å². The van der Waals surface area contributed by atoms with E-state index in [1.54, 1.807) is 0 Å². The molecule has 0 atom stereocenters. The van der Waals surface area contributed by atoms with Gasteiger partial charge in [0.05, 0.1) is 4.92 Å². The molecule has 21 heavy (non-hydrogen) atoms. The average molecular weight is 295 g/mol. The minimum absolute atomic E-state index is 0.0914. The van der Waals surface area contributed by atoms with Gasteiger partial charge in [-0.25, -0.2) is 10.8 Å². The van der Waals surface area contributed by atoms with Gasteiger partial charge >= 0.3 is 5.69 Å². The third-order valence-corrected chi connectivity index (χ3v) is 3.37. The van der Waals surface area contributed by atoms with E-state index in [0.29, 0.717) is 24.8 Å². The summed E-state index contributed by atoms with van der Waals surface area (Å²) in [6.07, 6.45) is 1.19. The number of hydrazine groups is 1. The number of hydrogen-bond acceptors (Lipinski definition) is 8. The second kappa shape index (κ2) is 6.64. The molecule has 2 heterocycles. The summed E-state index contributed by atoms with van der Waals surface area (Å²) in [6.45, 7) is 8.54. The number of hydrogen-bond donors (Lipinski definition) is 2. The lowest BCUT2D eigenvalue weighted by atomic mass is 10.2. The molecule has 1 aliphatic heterocycles. The van der Waals surface area contributed by atoms with Crippen molar-refractivity contribution in [1.82, 2.24) is 14.9 Å². The Morgan fingerprint density at radius 1 is 1.43 bits per heavy atom. The SMILES string of the molecule is CC(C)CN1CCN(c2nc(NN)ncc2[N+](=O)[O-])CC1. The Kier molecular flexibility index (Phi) is 4.86. The highest BCUT2D eigenvalue weighted by Crippen LogP contribution is 2.26. The minimum Gasteiger partial charge on any atom is -0.348 e. The van der Waals surface area contributed by atoms with Crippen LogP contribution in [0.3, 0.4) is 0 Å². The van der Waals surface area contributed by atoms with Crippen molar-refractivity contribution in [2.45, 2.75) is 13.8 Å². The van der Waals surface area contributed by atoms with E-state index >= 15 is 0 Å². The molecule has 0 bridgehead atoms. The third kappa shape index (κ3) is 3.76. The normalized spacial score (nSPS) is 16.3. The summed E-state index contributed by atoms with van der Waals surface area (Å²) in [6, 6.07) is 0. The molecular weight excluding hydrogens is 274 g/mol. The second-order valence-corrected chi connectivity index (χ2v) is 5.49. The largest absolute Gasteiger partial charge is 0.348 e. The molecule has 1 fully saturated rings. The predicted octanol–water partition coefficient (Wildman–Crippen LogP) is 0.448. The Morgan fingerprint density at radius 2 is 2.10 bits per heavy atom. The maximum absolute atomic E-state index is 11.1. The van der Waals surface area contributed by atoms with Gasteiger partial charge in [0.2, 0.25) is 11.8 Å². The first kappa shape index (κ1) is 15.4. The molecule has 3 N–H and O–H groups in total. The average Bonchev–Trinajstić information content (AvgIpc) is 2.46. The van der Waals surface area contributed by atoms with Crippen molar-refractivity contribution in [2.24, 2.45) is 11.8 Å². The zero-order valence-electron chi connectivity index (χ0n) is 12.3. The van der Waals surface area contributed by atoms with Crippen LogP contribution in [0.15, 0.2) is 6.20 Å². The molecular formula is C12H21N7O2. The van der Waals surface area contributed by atoms with Crippen LogP contribution in [-0.2, 0) is 0 Å². The standard InChI is InChI=1S/C12H21N7O2/c1-9(2)8-17-3-5-18(6-4-17)11-10(19(20)21)7-14-12(15-11)16-13/h7,9H,3-6,8,13H2,1-2H3,(H,14,15,16). The lowest BCUT2D eigenvalue weighted by Gasteiger charge is -2.35. The van der Waals surface area contributed by atoms with E-state index in [-0.39, 0.29) is 11.6 Å². The zero-order chi connectivity index (χ0) is 15.4. The van der Waals surface area contributed by atoms with Gasteiger partial charge in [0.25, 0.3) is 0 Å². The Bertz CT molecular complexity index is 500. The number of rotatable bonds is 5. The van der Waals surface area contributed by atoms with Crippen LogP contribution >= 0.6 is 0 Å². The van der Waals surface area contributed by atoms with E-state index in [1.165, 1.54) is 6.20 Å². The number of nitrogens with two attached hydrogens (primary N) is 1. The van der Waals surface area contributed by atoms with Gasteiger partial charge < -0.3 is 4.90 Å². The van der Waals surface area contributed by atoms with Crippen LogP contribution in [0.2, 0.25) is 0 Å². The van der Waals surface area contributed by atoms with Gasteiger partial charge in [0.15, 0.2) is 0 Å². The fraction of sp³-hybridized carbons (Fsp3) is 0.667. The van der Waals surface area contributed by atoms with E-state index in [0.717, 1.165) is 19.6 Å². The van der Waals surface area contributed by atoms with E-state index in [2.05, 4.69) is 34.1 Å². The van der Waals surface area contributed by atoms with Crippen LogP contribution in [0.1, 0.15) is 13.8 Å². The minimum atomic E-state index is -0.462. The number of aromatic nitrogens is 2. The number of nitrogen functional groups attached to an aromatic ring is 1. The van der Waals surface area contributed by atoms with Gasteiger partial charge in [-0.2, -0.15) is 4.98 Å². The van der Waals surface area contributed by atoms with Crippen LogP contribution in [0.4, 0.5) is 17.5 Å². The Labute approximate surface area is 123 Å². The summed E-state index contributed by atoms with van der Waals surface area (Å²) in [5.41, 5.74) is 2.23. The lowest BCUT2D eigenvalue weighted by Crippen LogP contribution is -2.47. The highest BCUT2D eigenvalue weighted by atomic mass is 16.6. The van der Waals surface area contributed by atoms with Crippen molar-refractivity contribution in [3.63, 3.8) is 0 Å². The first-order valence-electron chi connectivity index (χ1n) is 6.96.